The lowest BCUT2D eigenvalue weighted by atomic mass is 10.2. The standard InChI is InChI=1S/C12H13NO3S/c14-9(11-4-2-8-17-11)5-6-13-12(15)10-3-1-7-16-10/h1-4,7-9,14H,5-6H2,(H,13,15)/t9-/m0/s1. The first kappa shape index (κ1) is 11.9. The molecule has 4 nitrogen and oxygen atoms in total. The third kappa shape index (κ3) is 3.18. The normalized spacial score (nSPS) is 12.3. The molecule has 17 heavy (non-hydrogen) atoms. The molecule has 2 N–H and O–H groups in total. The van der Waals surface area contributed by atoms with Gasteiger partial charge in [-0.2, -0.15) is 0 Å². The van der Waals surface area contributed by atoms with Crippen molar-refractivity contribution >= 4 is 17.2 Å². The molecule has 1 atom stereocenters. The fraction of sp³-hybridized carbons (Fsp3) is 0.250. The summed E-state index contributed by atoms with van der Waals surface area (Å²) in [6, 6.07) is 7.04. The van der Waals surface area contributed by atoms with Gasteiger partial charge in [0.15, 0.2) is 5.76 Å². The number of hydrogen-bond acceptors (Lipinski definition) is 4. The van der Waals surface area contributed by atoms with Crippen LogP contribution < -0.4 is 5.32 Å². The number of aliphatic hydroxyl groups is 1. The molecule has 0 saturated heterocycles. The molecule has 2 aromatic heterocycles. The van der Waals surface area contributed by atoms with Crippen LogP contribution in [0.5, 0.6) is 0 Å². The first-order valence-corrected chi connectivity index (χ1v) is 6.18. The van der Waals surface area contributed by atoms with E-state index in [0.717, 1.165) is 4.88 Å². The Labute approximate surface area is 103 Å². The summed E-state index contributed by atoms with van der Waals surface area (Å²) in [5.74, 6) is 0.0315. The minimum Gasteiger partial charge on any atom is -0.459 e. The molecule has 0 bridgehead atoms. The predicted molar refractivity (Wildman–Crippen MR) is 64.9 cm³/mol. The van der Waals surface area contributed by atoms with Gasteiger partial charge in [0.25, 0.3) is 5.91 Å². The zero-order valence-electron chi connectivity index (χ0n) is 9.13. The predicted octanol–water partition coefficient (Wildman–Crippen LogP) is 2.19. The molecule has 2 rings (SSSR count). The van der Waals surface area contributed by atoms with Crippen molar-refractivity contribution in [3.63, 3.8) is 0 Å². The molecule has 0 aliphatic carbocycles. The Hall–Kier alpha value is -1.59. The van der Waals surface area contributed by atoms with Crippen molar-refractivity contribution in [2.75, 3.05) is 6.54 Å². The van der Waals surface area contributed by atoms with Gasteiger partial charge < -0.3 is 14.8 Å². The third-order valence-corrected chi connectivity index (χ3v) is 3.29. The summed E-state index contributed by atoms with van der Waals surface area (Å²) in [4.78, 5) is 12.4. The van der Waals surface area contributed by atoms with E-state index in [-0.39, 0.29) is 11.7 Å². The van der Waals surface area contributed by atoms with E-state index in [9.17, 15) is 9.90 Å². The van der Waals surface area contributed by atoms with E-state index < -0.39 is 6.10 Å². The van der Waals surface area contributed by atoms with E-state index in [2.05, 4.69) is 5.32 Å². The van der Waals surface area contributed by atoms with E-state index in [1.54, 1.807) is 12.1 Å². The minimum atomic E-state index is -0.521. The number of carbonyl (C=O) groups is 1. The average Bonchev–Trinajstić information content (AvgIpc) is 3.02. The van der Waals surface area contributed by atoms with Crippen LogP contribution in [-0.2, 0) is 0 Å². The summed E-state index contributed by atoms with van der Waals surface area (Å²) < 4.78 is 4.95. The number of rotatable bonds is 5. The Morgan fingerprint density at radius 3 is 3.00 bits per heavy atom. The van der Waals surface area contributed by atoms with Crippen LogP contribution in [0.3, 0.4) is 0 Å². The van der Waals surface area contributed by atoms with Crippen LogP contribution in [0.25, 0.3) is 0 Å². The molecule has 2 aromatic rings. The number of aliphatic hydroxyl groups excluding tert-OH is 1. The number of nitrogens with one attached hydrogen (secondary N) is 1. The van der Waals surface area contributed by atoms with Gasteiger partial charge in [-0.3, -0.25) is 4.79 Å². The second kappa shape index (κ2) is 5.65. The van der Waals surface area contributed by atoms with Crippen LogP contribution >= 0.6 is 11.3 Å². The summed E-state index contributed by atoms with van der Waals surface area (Å²) in [6.07, 6.45) is 1.43. The highest BCUT2D eigenvalue weighted by Gasteiger charge is 2.11. The largest absolute Gasteiger partial charge is 0.459 e. The van der Waals surface area contributed by atoms with Crippen LogP contribution in [0.1, 0.15) is 28.0 Å². The molecular weight excluding hydrogens is 238 g/mol. The lowest BCUT2D eigenvalue weighted by Gasteiger charge is -2.08. The fourth-order valence-electron chi connectivity index (χ4n) is 1.44. The number of furan rings is 1. The fourth-order valence-corrected chi connectivity index (χ4v) is 2.19. The van der Waals surface area contributed by atoms with Gasteiger partial charge in [0.2, 0.25) is 0 Å². The van der Waals surface area contributed by atoms with Crippen molar-refractivity contribution < 1.29 is 14.3 Å². The maximum Gasteiger partial charge on any atom is 0.286 e. The summed E-state index contributed by atoms with van der Waals surface area (Å²) in [7, 11) is 0. The van der Waals surface area contributed by atoms with Crippen molar-refractivity contribution in [1.82, 2.24) is 5.32 Å². The highest BCUT2D eigenvalue weighted by atomic mass is 32.1. The Balaban J connectivity index is 1.75. The smallest absolute Gasteiger partial charge is 0.286 e. The lowest BCUT2D eigenvalue weighted by molar-refractivity contribution is 0.0915. The van der Waals surface area contributed by atoms with E-state index in [1.165, 1.54) is 17.6 Å². The Bertz CT molecular complexity index is 450. The molecule has 0 aliphatic heterocycles. The Kier molecular flexibility index (Phi) is 3.95. The van der Waals surface area contributed by atoms with Crippen LogP contribution in [0, 0.1) is 0 Å². The van der Waals surface area contributed by atoms with E-state index >= 15 is 0 Å². The number of carbonyl (C=O) groups excluding carboxylic acids is 1. The van der Waals surface area contributed by atoms with Crippen molar-refractivity contribution in [1.29, 1.82) is 0 Å². The van der Waals surface area contributed by atoms with E-state index in [4.69, 9.17) is 4.42 Å². The molecule has 5 heteroatoms. The average molecular weight is 251 g/mol. The molecule has 1 amide bonds. The van der Waals surface area contributed by atoms with Crippen molar-refractivity contribution in [2.24, 2.45) is 0 Å². The zero-order chi connectivity index (χ0) is 12.1. The first-order chi connectivity index (χ1) is 8.27. The summed E-state index contributed by atoms with van der Waals surface area (Å²) in [6.45, 7) is 0.415. The Morgan fingerprint density at radius 2 is 2.35 bits per heavy atom. The summed E-state index contributed by atoms with van der Waals surface area (Å²) in [5, 5.41) is 14.4. The molecule has 0 spiro atoms. The van der Waals surface area contributed by atoms with Gasteiger partial charge in [-0.05, 0) is 30.0 Å². The zero-order valence-corrected chi connectivity index (χ0v) is 9.94. The molecule has 0 aliphatic rings. The summed E-state index contributed by atoms with van der Waals surface area (Å²) in [5.41, 5.74) is 0. The van der Waals surface area contributed by atoms with Crippen LogP contribution in [0.2, 0.25) is 0 Å². The van der Waals surface area contributed by atoms with E-state index in [1.807, 2.05) is 17.5 Å². The van der Waals surface area contributed by atoms with Gasteiger partial charge in [-0.25, -0.2) is 0 Å². The monoisotopic (exact) mass is 251 g/mol. The second-order valence-electron chi connectivity index (χ2n) is 3.55. The van der Waals surface area contributed by atoms with Gasteiger partial charge in [-0.15, -0.1) is 11.3 Å². The molecule has 90 valence electrons. The molecule has 0 fully saturated rings. The topological polar surface area (TPSA) is 62.5 Å². The van der Waals surface area contributed by atoms with Crippen molar-refractivity contribution in [3.05, 3.63) is 46.5 Å². The van der Waals surface area contributed by atoms with Crippen LogP contribution in [-0.4, -0.2) is 17.6 Å². The lowest BCUT2D eigenvalue weighted by Crippen LogP contribution is -2.25. The summed E-state index contributed by atoms with van der Waals surface area (Å²) >= 11 is 1.51. The van der Waals surface area contributed by atoms with Crippen LogP contribution in [0.4, 0.5) is 0 Å². The highest BCUT2D eigenvalue weighted by Crippen LogP contribution is 2.20. The quantitative estimate of drug-likeness (QED) is 0.856. The molecule has 0 radical (unpaired) electrons. The number of hydrogen-bond donors (Lipinski definition) is 2. The second-order valence-corrected chi connectivity index (χ2v) is 4.53. The molecule has 0 unspecified atom stereocenters. The molecule has 0 aromatic carbocycles. The molecule has 2 heterocycles. The SMILES string of the molecule is O=C(NCC[C@H](O)c1cccs1)c1ccco1. The maximum atomic E-state index is 11.5. The maximum absolute atomic E-state index is 11.5. The van der Waals surface area contributed by atoms with Gasteiger partial charge in [0, 0.05) is 11.4 Å². The number of thiophene rings is 1. The number of amides is 1. The molecule has 0 saturated carbocycles. The van der Waals surface area contributed by atoms with Gasteiger partial charge >= 0.3 is 0 Å². The van der Waals surface area contributed by atoms with Gasteiger partial charge in [-0.1, -0.05) is 6.07 Å². The Morgan fingerprint density at radius 1 is 1.47 bits per heavy atom. The van der Waals surface area contributed by atoms with Crippen molar-refractivity contribution in [2.45, 2.75) is 12.5 Å². The third-order valence-electron chi connectivity index (χ3n) is 2.32. The highest BCUT2D eigenvalue weighted by molar-refractivity contribution is 7.10. The van der Waals surface area contributed by atoms with Crippen molar-refractivity contribution in [3.8, 4) is 0 Å². The van der Waals surface area contributed by atoms with Gasteiger partial charge in [0.1, 0.15) is 0 Å². The first-order valence-electron chi connectivity index (χ1n) is 5.30. The van der Waals surface area contributed by atoms with E-state index in [0.29, 0.717) is 13.0 Å². The minimum absolute atomic E-state index is 0.256. The molecular formula is C12H13NO3S. The van der Waals surface area contributed by atoms with Gasteiger partial charge in [0.05, 0.1) is 12.4 Å². The van der Waals surface area contributed by atoms with Crippen LogP contribution in [0.15, 0.2) is 40.3 Å².